The van der Waals surface area contributed by atoms with E-state index in [0.29, 0.717) is 17.2 Å². The second kappa shape index (κ2) is 12.1. The molecule has 0 bridgehead atoms. The molecule has 0 radical (unpaired) electrons. The number of amides is 1. The Morgan fingerprint density at radius 3 is 2.27 bits per heavy atom. The summed E-state index contributed by atoms with van der Waals surface area (Å²) in [5, 5.41) is 6.23. The van der Waals surface area contributed by atoms with Gasteiger partial charge in [-0.25, -0.2) is 13.4 Å². The number of fused-ring (bicyclic) bond motifs is 1. The Kier molecular flexibility index (Phi) is 8.39. The number of carbonyl (C=O) groups excluding carboxylic acids is 1. The molecular weight excluding hydrogens is 553 g/mol. The molecule has 0 spiro atoms. The smallest absolute Gasteiger partial charge is 0.267 e. The molecule has 0 saturated heterocycles. The monoisotopic (exact) mass is 582 g/mol. The number of rotatable bonds is 9. The summed E-state index contributed by atoms with van der Waals surface area (Å²) in [6, 6.07) is 29.2. The van der Waals surface area contributed by atoms with E-state index in [1.165, 1.54) is 44.9 Å². The highest BCUT2D eigenvalue weighted by atomic mass is 32.2. The van der Waals surface area contributed by atoms with Gasteiger partial charge in [-0.1, -0.05) is 84.5 Å². The van der Waals surface area contributed by atoms with Gasteiger partial charge in [-0.15, -0.1) is 0 Å². The Bertz CT molecular complexity index is 1800. The van der Waals surface area contributed by atoms with E-state index in [0.717, 1.165) is 32.5 Å². The van der Waals surface area contributed by atoms with Crippen molar-refractivity contribution in [3.05, 3.63) is 125 Å². The predicted octanol–water partition coefficient (Wildman–Crippen LogP) is 6.80. The zero-order valence-electron chi connectivity index (χ0n) is 23.1. The number of thiazole rings is 1. The SMILES string of the molecule is CCN(Cc1ccccc1)S(=O)(=O)c1ccc(C(=O)N(/N=C/c2ccc(C)cc2)c2nc3ccc(C)cc3s2)cc1. The van der Waals surface area contributed by atoms with Crippen LogP contribution in [0.4, 0.5) is 5.13 Å². The first-order valence-electron chi connectivity index (χ1n) is 13.2. The molecule has 0 aliphatic rings. The number of hydrazone groups is 1. The summed E-state index contributed by atoms with van der Waals surface area (Å²) >= 11 is 1.37. The Hall–Kier alpha value is -4.18. The van der Waals surface area contributed by atoms with Crippen molar-refractivity contribution in [1.29, 1.82) is 0 Å². The maximum atomic E-state index is 13.8. The summed E-state index contributed by atoms with van der Waals surface area (Å²) < 4.78 is 29.2. The summed E-state index contributed by atoms with van der Waals surface area (Å²) in [4.78, 5) is 18.6. The molecule has 208 valence electrons. The molecule has 5 aromatic rings. The molecule has 1 aromatic heterocycles. The molecule has 0 aliphatic heterocycles. The maximum Gasteiger partial charge on any atom is 0.280 e. The van der Waals surface area contributed by atoms with Crippen molar-refractivity contribution in [2.24, 2.45) is 5.10 Å². The lowest BCUT2D eigenvalue weighted by Gasteiger charge is -2.21. The van der Waals surface area contributed by atoms with Crippen LogP contribution < -0.4 is 5.01 Å². The van der Waals surface area contributed by atoms with Crippen molar-refractivity contribution in [3.8, 4) is 0 Å². The van der Waals surface area contributed by atoms with Crippen molar-refractivity contribution in [2.75, 3.05) is 11.6 Å². The fraction of sp³-hybridized carbons (Fsp3) is 0.156. The van der Waals surface area contributed by atoms with Crippen LogP contribution in [-0.4, -0.2) is 36.4 Å². The number of hydrogen-bond acceptors (Lipinski definition) is 6. The highest BCUT2D eigenvalue weighted by Gasteiger charge is 2.25. The summed E-state index contributed by atoms with van der Waals surface area (Å²) in [5.41, 5.74) is 5.03. The molecule has 7 nitrogen and oxygen atoms in total. The van der Waals surface area contributed by atoms with Crippen LogP contribution in [0.5, 0.6) is 0 Å². The summed E-state index contributed by atoms with van der Waals surface area (Å²) in [7, 11) is -3.77. The van der Waals surface area contributed by atoms with Crippen LogP contribution in [0.3, 0.4) is 0 Å². The van der Waals surface area contributed by atoms with Crippen molar-refractivity contribution in [2.45, 2.75) is 32.2 Å². The first-order chi connectivity index (χ1) is 19.7. The van der Waals surface area contributed by atoms with Gasteiger partial charge < -0.3 is 0 Å². The quantitative estimate of drug-likeness (QED) is 0.141. The lowest BCUT2D eigenvalue weighted by Crippen LogP contribution is -2.30. The third-order valence-corrected chi connectivity index (χ3v) is 9.53. The molecule has 0 saturated carbocycles. The normalized spacial score (nSPS) is 11.9. The average Bonchev–Trinajstić information content (AvgIpc) is 3.40. The molecular formula is C32H30N4O3S2. The van der Waals surface area contributed by atoms with Gasteiger partial charge in [-0.2, -0.15) is 14.4 Å². The minimum atomic E-state index is -3.77. The highest BCUT2D eigenvalue weighted by molar-refractivity contribution is 7.89. The molecule has 0 aliphatic carbocycles. The van der Waals surface area contributed by atoms with Crippen LogP contribution in [0.25, 0.3) is 10.2 Å². The second-order valence-corrected chi connectivity index (χ2v) is 12.6. The van der Waals surface area contributed by atoms with Crippen LogP contribution >= 0.6 is 11.3 Å². The van der Waals surface area contributed by atoms with E-state index >= 15 is 0 Å². The van der Waals surface area contributed by atoms with Crippen molar-refractivity contribution >= 4 is 48.8 Å². The third kappa shape index (κ3) is 6.43. The minimum absolute atomic E-state index is 0.122. The predicted molar refractivity (Wildman–Crippen MR) is 166 cm³/mol. The Morgan fingerprint density at radius 1 is 0.902 bits per heavy atom. The minimum Gasteiger partial charge on any atom is -0.267 e. The molecule has 0 atom stereocenters. The summed E-state index contributed by atoms with van der Waals surface area (Å²) in [6.07, 6.45) is 1.62. The second-order valence-electron chi connectivity index (χ2n) is 9.68. The average molecular weight is 583 g/mol. The number of anilines is 1. The van der Waals surface area contributed by atoms with Gasteiger partial charge in [0.2, 0.25) is 15.2 Å². The van der Waals surface area contributed by atoms with Crippen molar-refractivity contribution in [1.82, 2.24) is 9.29 Å². The molecule has 9 heteroatoms. The van der Waals surface area contributed by atoms with E-state index in [-0.39, 0.29) is 11.4 Å². The van der Waals surface area contributed by atoms with E-state index in [1.807, 2.05) is 93.6 Å². The zero-order chi connectivity index (χ0) is 29.0. The van der Waals surface area contributed by atoms with Crippen LogP contribution in [0, 0.1) is 13.8 Å². The van der Waals surface area contributed by atoms with Gasteiger partial charge in [-0.3, -0.25) is 4.79 Å². The van der Waals surface area contributed by atoms with Crippen LogP contribution in [0.2, 0.25) is 0 Å². The number of carbonyl (C=O) groups is 1. The van der Waals surface area contributed by atoms with Gasteiger partial charge in [0.25, 0.3) is 5.91 Å². The van der Waals surface area contributed by atoms with Gasteiger partial charge in [0.05, 0.1) is 21.3 Å². The Balaban J connectivity index is 1.45. The fourth-order valence-corrected chi connectivity index (χ4v) is 6.73. The van der Waals surface area contributed by atoms with E-state index < -0.39 is 15.9 Å². The first-order valence-corrected chi connectivity index (χ1v) is 15.5. The van der Waals surface area contributed by atoms with Crippen LogP contribution in [-0.2, 0) is 16.6 Å². The standard InChI is InChI=1S/C32H30N4O3S2/c1-4-35(22-26-8-6-5-7-9-26)41(38,39)28-17-15-27(16-18-28)31(37)36(33-21-25-13-10-23(2)11-14-25)32-34-29-19-12-24(3)20-30(29)40-32/h5-21H,4,22H2,1-3H3/b33-21+. The summed E-state index contributed by atoms with van der Waals surface area (Å²) in [6.45, 7) is 6.40. The largest absolute Gasteiger partial charge is 0.280 e. The molecule has 41 heavy (non-hydrogen) atoms. The highest BCUT2D eigenvalue weighted by Crippen LogP contribution is 2.31. The molecule has 1 amide bonds. The van der Waals surface area contributed by atoms with E-state index in [1.54, 1.807) is 6.21 Å². The Morgan fingerprint density at radius 2 is 1.59 bits per heavy atom. The number of hydrogen-bond donors (Lipinski definition) is 0. The lowest BCUT2D eigenvalue weighted by molar-refractivity contribution is 0.0987. The molecule has 0 fully saturated rings. The van der Waals surface area contributed by atoms with Gasteiger partial charge in [0.1, 0.15) is 0 Å². The number of aryl methyl sites for hydroxylation is 2. The van der Waals surface area contributed by atoms with Gasteiger partial charge >= 0.3 is 0 Å². The third-order valence-electron chi connectivity index (χ3n) is 6.60. The van der Waals surface area contributed by atoms with Crippen molar-refractivity contribution in [3.63, 3.8) is 0 Å². The lowest BCUT2D eigenvalue weighted by atomic mass is 10.2. The maximum absolute atomic E-state index is 13.8. The first kappa shape index (κ1) is 28.4. The Labute approximate surface area is 244 Å². The molecule has 1 heterocycles. The van der Waals surface area contributed by atoms with Gasteiger partial charge in [-0.05, 0) is 66.9 Å². The molecule has 4 aromatic carbocycles. The number of benzene rings is 4. The molecule has 0 N–H and O–H groups in total. The number of nitrogens with zero attached hydrogens (tertiary/aromatic N) is 4. The fourth-order valence-electron chi connectivity index (χ4n) is 4.27. The number of sulfonamides is 1. The van der Waals surface area contributed by atoms with Crippen molar-refractivity contribution < 1.29 is 13.2 Å². The van der Waals surface area contributed by atoms with Crippen LogP contribution in [0.1, 0.15) is 39.5 Å². The topological polar surface area (TPSA) is 82.9 Å². The molecule has 5 rings (SSSR count). The van der Waals surface area contributed by atoms with Gasteiger partial charge in [0, 0.05) is 18.7 Å². The van der Waals surface area contributed by atoms with E-state index in [2.05, 4.69) is 10.1 Å². The summed E-state index contributed by atoms with van der Waals surface area (Å²) in [5.74, 6) is -0.412. The van der Waals surface area contributed by atoms with Gasteiger partial charge in [0.15, 0.2) is 0 Å². The van der Waals surface area contributed by atoms with E-state index in [9.17, 15) is 13.2 Å². The van der Waals surface area contributed by atoms with E-state index in [4.69, 9.17) is 0 Å². The zero-order valence-corrected chi connectivity index (χ0v) is 24.7. The van der Waals surface area contributed by atoms with Crippen LogP contribution in [0.15, 0.2) is 107 Å². The number of aromatic nitrogens is 1. The molecule has 0 unspecified atom stereocenters.